The summed E-state index contributed by atoms with van der Waals surface area (Å²) in [4.78, 5) is 26.9. The normalized spacial score (nSPS) is 10.5. The first-order valence-corrected chi connectivity index (χ1v) is 8.11. The van der Waals surface area contributed by atoms with Gasteiger partial charge in [0.05, 0.1) is 10.2 Å². The van der Waals surface area contributed by atoms with Crippen LogP contribution in [0, 0.1) is 0 Å². The minimum atomic E-state index is -0.131. The van der Waals surface area contributed by atoms with E-state index in [4.69, 9.17) is 0 Å². The van der Waals surface area contributed by atoms with E-state index in [1.165, 1.54) is 6.92 Å². The first kappa shape index (κ1) is 14.8. The molecule has 2 aromatic rings. The van der Waals surface area contributed by atoms with E-state index in [0.717, 1.165) is 20.2 Å². The molecule has 1 aromatic carbocycles. The summed E-state index contributed by atoms with van der Waals surface area (Å²) in [6.07, 6.45) is 2.25. The average Bonchev–Trinajstić information content (AvgIpc) is 2.80. The summed E-state index contributed by atoms with van der Waals surface area (Å²) in [7, 11) is 0. The Morgan fingerprint density at radius 1 is 1.40 bits per heavy atom. The lowest BCUT2D eigenvalue weighted by molar-refractivity contribution is -0.119. The molecule has 0 atom stereocenters. The van der Waals surface area contributed by atoms with E-state index < -0.39 is 0 Å². The number of anilines is 1. The van der Waals surface area contributed by atoms with Gasteiger partial charge in [0.15, 0.2) is 4.34 Å². The molecule has 0 spiro atoms. The van der Waals surface area contributed by atoms with Crippen molar-refractivity contribution in [2.24, 2.45) is 0 Å². The summed E-state index contributed by atoms with van der Waals surface area (Å²) in [5, 5.41) is 5.41. The van der Waals surface area contributed by atoms with E-state index in [9.17, 15) is 9.59 Å². The molecule has 1 aromatic heterocycles. The maximum absolute atomic E-state index is 11.7. The van der Waals surface area contributed by atoms with Gasteiger partial charge in [0.1, 0.15) is 0 Å². The van der Waals surface area contributed by atoms with E-state index in [1.54, 1.807) is 23.1 Å². The van der Waals surface area contributed by atoms with Gasteiger partial charge in [-0.15, -0.1) is 11.3 Å². The van der Waals surface area contributed by atoms with Crippen molar-refractivity contribution in [3.63, 3.8) is 0 Å². The molecular weight excluding hydrogens is 294 g/mol. The first-order chi connectivity index (χ1) is 9.58. The van der Waals surface area contributed by atoms with Crippen molar-refractivity contribution < 1.29 is 9.59 Å². The van der Waals surface area contributed by atoms with Crippen LogP contribution in [-0.4, -0.2) is 29.6 Å². The Morgan fingerprint density at radius 3 is 2.90 bits per heavy atom. The number of rotatable bonds is 5. The van der Waals surface area contributed by atoms with E-state index in [1.807, 2.05) is 24.5 Å². The molecule has 20 heavy (non-hydrogen) atoms. The van der Waals surface area contributed by atoms with E-state index in [2.05, 4.69) is 15.6 Å². The number of carbonyl (C=O) groups excluding carboxylic acids is 2. The number of nitrogens with zero attached hydrogens (tertiary/aromatic N) is 1. The largest absolute Gasteiger partial charge is 0.356 e. The second-order valence-corrected chi connectivity index (χ2v) is 6.23. The highest BCUT2D eigenvalue weighted by atomic mass is 32.2. The Bertz CT molecular complexity index is 640. The van der Waals surface area contributed by atoms with Crippen LogP contribution in [0.4, 0.5) is 5.69 Å². The molecule has 2 rings (SSSR count). The van der Waals surface area contributed by atoms with E-state index in [-0.39, 0.29) is 18.2 Å². The molecular formula is C13H15N3O2S2. The van der Waals surface area contributed by atoms with Gasteiger partial charge >= 0.3 is 0 Å². The predicted octanol–water partition coefficient (Wildman–Crippen LogP) is 2.48. The van der Waals surface area contributed by atoms with Crippen LogP contribution in [-0.2, 0) is 9.59 Å². The zero-order chi connectivity index (χ0) is 14.5. The number of aromatic nitrogens is 1. The molecule has 0 saturated carbocycles. The molecule has 5 nitrogen and oxygen atoms in total. The topological polar surface area (TPSA) is 71.1 Å². The van der Waals surface area contributed by atoms with Crippen LogP contribution in [0.5, 0.6) is 0 Å². The van der Waals surface area contributed by atoms with Gasteiger partial charge in [-0.2, -0.15) is 0 Å². The van der Waals surface area contributed by atoms with Crippen LogP contribution in [0.25, 0.3) is 10.2 Å². The highest BCUT2D eigenvalue weighted by Crippen LogP contribution is 2.29. The molecule has 0 unspecified atom stereocenters. The summed E-state index contributed by atoms with van der Waals surface area (Å²) < 4.78 is 2.06. The maximum Gasteiger partial charge on any atom is 0.226 e. The highest BCUT2D eigenvalue weighted by molar-refractivity contribution is 8.00. The first-order valence-electron chi connectivity index (χ1n) is 6.07. The molecule has 2 amide bonds. The fourth-order valence-corrected chi connectivity index (χ4v) is 3.17. The van der Waals surface area contributed by atoms with Crippen LogP contribution in [0.15, 0.2) is 22.5 Å². The molecule has 0 aliphatic heterocycles. The van der Waals surface area contributed by atoms with E-state index >= 15 is 0 Å². The number of amides is 2. The number of hydrogen-bond donors (Lipinski definition) is 2. The molecule has 2 N–H and O–H groups in total. The molecule has 1 heterocycles. The quantitative estimate of drug-likeness (QED) is 0.832. The Morgan fingerprint density at radius 2 is 2.20 bits per heavy atom. The van der Waals surface area contributed by atoms with Crippen LogP contribution in [0.3, 0.4) is 0 Å². The van der Waals surface area contributed by atoms with Gasteiger partial charge < -0.3 is 10.6 Å². The summed E-state index contributed by atoms with van der Waals surface area (Å²) in [6.45, 7) is 1.78. The van der Waals surface area contributed by atoms with Crippen molar-refractivity contribution in [1.82, 2.24) is 10.3 Å². The van der Waals surface area contributed by atoms with Gasteiger partial charge in [-0.3, -0.25) is 9.59 Å². The van der Waals surface area contributed by atoms with E-state index in [0.29, 0.717) is 6.54 Å². The second-order valence-electron chi connectivity index (χ2n) is 4.15. The number of nitrogens with one attached hydrogen (secondary N) is 2. The van der Waals surface area contributed by atoms with Gasteiger partial charge in [-0.25, -0.2) is 4.98 Å². The molecule has 0 aliphatic carbocycles. The lowest BCUT2D eigenvalue weighted by Gasteiger charge is -2.05. The minimum absolute atomic E-state index is 0.118. The smallest absolute Gasteiger partial charge is 0.226 e. The molecule has 0 saturated heterocycles. The summed E-state index contributed by atoms with van der Waals surface area (Å²) in [5.74, 6) is -0.249. The van der Waals surface area contributed by atoms with Crippen molar-refractivity contribution in [2.45, 2.75) is 17.7 Å². The average molecular weight is 309 g/mol. The van der Waals surface area contributed by atoms with Crippen molar-refractivity contribution in [3.8, 4) is 0 Å². The summed E-state index contributed by atoms with van der Waals surface area (Å²) in [5.41, 5.74) is 1.69. The fourth-order valence-electron chi connectivity index (χ4n) is 1.64. The Balaban J connectivity index is 1.98. The van der Waals surface area contributed by atoms with Crippen molar-refractivity contribution in [1.29, 1.82) is 0 Å². The summed E-state index contributed by atoms with van der Waals surface area (Å²) in [6, 6.07) is 5.65. The summed E-state index contributed by atoms with van der Waals surface area (Å²) >= 11 is 3.21. The van der Waals surface area contributed by atoms with Crippen molar-refractivity contribution in [3.05, 3.63) is 18.2 Å². The number of carbonyl (C=O) groups is 2. The Labute approximate surface area is 125 Å². The van der Waals surface area contributed by atoms with Gasteiger partial charge in [0.2, 0.25) is 11.8 Å². The number of thiazole rings is 1. The van der Waals surface area contributed by atoms with Crippen LogP contribution in [0.2, 0.25) is 0 Å². The third kappa shape index (κ3) is 3.94. The lowest BCUT2D eigenvalue weighted by Crippen LogP contribution is -2.25. The number of thioether (sulfide) groups is 1. The Kier molecular flexibility index (Phi) is 4.97. The SMILES string of the molecule is CSc1nc2ccc(NC(=O)CCNC(C)=O)cc2s1. The zero-order valence-corrected chi connectivity index (χ0v) is 12.9. The molecule has 0 fully saturated rings. The molecule has 0 bridgehead atoms. The molecule has 106 valence electrons. The van der Waals surface area contributed by atoms with Gasteiger partial charge in [0.25, 0.3) is 0 Å². The van der Waals surface area contributed by atoms with Crippen molar-refractivity contribution >= 4 is 50.8 Å². The predicted molar refractivity (Wildman–Crippen MR) is 83.3 cm³/mol. The maximum atomic E-state index is 11.7. The van der Waals surface area contributed by atoms with Crippen LogP contribution in [0.1, 0.15) is 13.3 Å². The number of benzene rings is 1. The zero-order valence-electron chi connectivity index (χ0n) is 11.2. The minimum Gasteiger partial charge on any atom is -0.356 e. The third-order valence-electron chi connectivity index (χ3n) is 2.55. The van der Waals surface area contributed by atoms with Gasteiger partial charge in [-0.1, -0.05) is 11.8 Å². The molecule has 0 radical (unpaired) electrons. The highest BCUT2D eigenvalue weighted by Gasteiger charge is 2.06. The molecule has 0 aliphatic rings. The second kappa shape index (κ2) is 6.71. The number of hydrogen-bond acceptors (Lipinski definition) is 5. The van der Waals surface area contributed by atoms with Crippen LogP contribution < -0.4 is 10.6 Å². The lowest BCUT2D eigenvalue weighted by atomic mass is 10.3. The van der Waals surface area contributed by atoms with Gasteiger partial charge in [-0.05, 0) is 24.5 Å². The number of fused-ring (bicyclic) bond motifs is 1. The van der Waals surface area contributed by atoms with Crippen LogP contribution >= 0.6 is 23.1 Å². The monoisotopic (exact) mass is 309 g/mol. The molecule has 7 heteroatoms. The standard InChI is InChI=1S/C13H15N3O2S2/c1-8(17)14-6-5-12(18)15-9-3-4-10-11(7-9)20-13(16-10)19-2/h3-4,7H,5-6H2,1-2H3,(H,14,17)(H,15,18). The fraction of sp³-hybridized carbons (Fsp3) is 0.308. The van der Waals surface area contributed by atoms with Crippen molar-refractivity contribution in [2.75, 3.05) is 18.1 Å². The third-order valence-corrected chi connectivity index (χ3v) is 4.56. The van der Waals surface area contributed by atoms with Gasteiger partial charge in [0, 0.05) is 25.6 Å². The Hall–Kier alpha value is -1.60.